The van der Waals surface area contributed by atoms with E-state index in [0.29, 0.717) is 17.5 Å². The van der Waals surface area contributed by atoms with Crippen molar-refractivity contribution in [1.82, 2.24) is 35.8 Å². The van der Waals surface area contributed by atoms with Crippen LogP contribution in [0.3, 0.4) is 0 Å². The molecule has 21 heteroatoms. The molecule has 2 unspecified atom stereocenters. The Bertz CT molecular complexity index is 2120. The lowest BCUT2D eigenvalue weighted by molar-refractivity contribution is -0.146. The van der Waals surface area contributed by atoms with Gasteiger partial charge >= 0.3 is 24.1 Å². The third-order valence-electron chi connectivity index (χ3n) is 7.23. The van der Waals surface area contributed by atoms with Crippen molar-refractivity contribution in [3.8, 4) is 5.75 Å². The number of aromatic nitrogens is 5. The van der Waals surface area contributed by atoms with Crippen LogP contribution in [0.1, 0.15) is 115 Å². The molecule has 0 aliphatic rings. The lowest BCUT2D eigenvalue weighted by atomic mass is 10.1. The van der Waals surface area contributed by atoms with Crippen molar-refractivity contribution in [2.45, 2.75) is 105 Å². The quantitative estimate of drug-likeness (QED) is 0.0415. The fourth-order valence-corrected chi connectivity index (χ4v) is 4.69. The Morgan fingerprint density at radius 3 is 1.75 bits per heavy atom. The maximum Gasteiger partial charge on any atom is 0.408 e. The summed E-state index contributed by atoms with van der Waals surface area (Å²) in [6.07, 6.45) is 2.20. The standard InChI is InChI=1S/C19H27FN2O5.C15H19FN2O6.C6H5N3O/c1-6-8-9-14(23)12-10-13(20)15(21-11-12)16(17(24)26-7-2)22-18(25)27-19(3,4)5;1-5-22-13(20)12(18-14(21)24-15(2,3)4)11-10(16)6-9(7-17-11)23-8-19;10-9-6-4-2-1-3-5(6)7-8-9/h10-11,16H,6-9H2,1-5H3,(H,22,25);6-8,12H,5H2,1-4H3,(H,18,21);1-4,10H. The molecule has 332 valence electrons. The number of ketones is 1. The lowest BCUT2D eigenvalue weighted by Gasteiger charge is -2.23. The third-order valence-corrected chi connectivity index (χ3v) is 7.23. The van der Waals surface area contributed by atoms with E-state index < -0.39 is 64.7 Å². The monoisotopic (exact) mass is 859 g/mol. The van der Waals surface area contributed by atoms with Crippen molar-refractivity contribution in [2.75, 3.05) is 13.2 Å². The van der Waals surface area contributed by atoms with Gasteiger partial charge in [-0.05, 0) is 85.2 Å². The van der Waals surface area contributed by atoms with Crippen LogP contribution in [0.2, 0.25) is 0 Å². The summed E-state index contributed by atoms with van der Waals surface area (Å²) in [6.45, 7) is 15.1. The number of amides is 2. The predicted octanol–water partition coefficient (Wildman–Crippen LogP) is 6.28. The summed E-state index contributed by atoms with van der Waals surface area (Å²) in [6, 6.07) is 6.08. The first-order chi connectivity index (χ1) is 28.6. The minimum atomic E-state index is -1.51. The van der Waals surface area contributed by atoms with Crippen LogP contribution in [-0.2, 0) is 33.3 Å². The van der Waals surface area contributed by atoms with Gasteiger partial charge in [-0.1, -0.05) is 30.3 Å². The molecule has 19 nitrogen and oxygen atoms in total. The molecule has 3 aromatic heterocycles. The first-order valence-corrected chi connectivity index (χ1v) is 18.9. The molecule has 0 bridgehead atoms. The molecule has 61 heavy (non-hydrogen) atoms. The van der Waals surface area contributed by atoms with E-state index >= 15 is 0 Å². The Morgan fingerprint density at radius 2 is 1.31 bits per heavy atom. The van der Waals surface area contributed by atoms with Crippen molar-refractivity contribution in [1.29, 1.82) is 0 Å². The van der Waals surface area contributed by atoms with Gasteiger partial charge in [-0.15, -0.1) is 5.10 Å². The zero-order valence-electron chi connectivity index (χ0n) is 35.3. The van der Waals surface area contributed by atoms with Crippen molar-refractivity contribution in [3.05, 3.63) is 77.4 Å². The van der Waals surface area contributed by atoms with Gasteiger partial charge in [-0.2, -0.15) is 0 Å². The van der Waals surface area contributed by atoms with Crippen LogP contribution in [0.15, 0.2) is 48.8 Å². The smallest absolute Gasteiger partial charge is 0.408 e. The average molecular weight is 860 g/mol. The van der Waals surface area contributed by atoms with Crippen LogP contribution in [0.5, 0.6) is 5.75 Å². The summed E-state index contributed by atoms with van der Waals surface area (Å²) in [4.78, 5) is 78.7. The highest BCUT2D eigenvalue weighted by Gasteiger charge is 2.32. The molecule has 4 aromatic rings. The normalized spacial score (nSPS) is 11.9. The summed E-state index contributed by atoms with van der Waals surface area (Å²) in [7, 11) is 0. The van der Waals surface area contributed by atoms with E-state index in [-0.39, 0.29) is 48.9 Å². The number of Topliss-reactive ketones (excluding diaryl/α,β-unsaturated/α-hetero) is 1. The number of halogens is 2. The van der Waals surface area contributed by atoms with Gasteiger partial charge in [0.15, 0.2) is 29.4 Å². The van der Waals surface area contributed by atoms with E-state index in [9.17, 15) is 37.5 Å². The third kappa shape index (κ3) is 17.1. The Labute approximate surface area is 350 Å². The number of alkyl carbamates (subject to hydrolysis) is 2. The minimum Gasteiger partial charge on any atom is -0.464 e. The van der Waals surface area contributed by atoms with E-state index in [1.807, 2.05) is 19.1 Å². The molecule has 4 rings (SSSR count). The number of benzene rings is 1. The SMILES string of the molecule is CCCCC(=O)c1cnc(C(NC(=O)OC(C)(C)C)C(=O)OCC)c(F)c1.CCOC(=O)C(NC(=O)OC(C)(C)C)c1ncc(OC=O)cc1F.On1nnc2ccccc21. The number of carbonyl (C=O) groups is 6. The van der Waals surface area contributed by atoms with Crippen LogP contribution in [0.4, 0.5) is 18.4 Å². The van der Waals surface area contributed by atoms with Gasteiger partial charge in [-0.25, -0.2) is 28.0 Å². The van der Waals surface area contributed by atoms with Gasteiger partial charge in [-0.3, -0.25) is 19.6 Å². The van der Waals surface area contributed by atoms with Gasteiger partial charge in [0.25, 0.3) is 6.47 Å². The summed E-state index contributed by atoms with van der Waals surface area (Å²) < 4.78 is 53.0. The number of carbonyl (C=O) groups excluding carboxylic acids is 6. The molecule has 0 aliphatic heterocycles. The first kappa shape index (κ1) is 50.3. The number of nitrogens with one attached hydrogen (secondary N) is 2. The maximum atomic E-state index is 14.6. The van der Waals surface area contributed by atoms with Gasteiger partial charge in [0.1, 0.15) is 39.4 Å². The Balaban J connectivity index is 0.000000343. The number of hydrogen-bond donors (Lipinski definition) is 3. The van der Waals surface area contributed by atoms with Crippen molar-refractivity contribution in [2.24, 2.45) is 0 Å². The highest BCUT2D eigenvalue weighted by Crippen LogP contribution is 2.22. The first-order valence-electron chi connectivity index (χ1n) is 18.9. The number of rotatable bonds is 14. The molecule has 1 aromatic carbocycles. The van der Waals surface area contributed by atoms with Gasteiger partial charge in [0, 0.05) is 24.2 Å². The van der Waals surface area contributed by atoms with E-state index in [0.717, 1.165) is 29.6 Å². The largest absolute Gasteiger partial charge is 0.464 e. The molecule has 0 saturated carbocycles. The van der Waals surface area contributed by atoms with Crippen molar-refractivity contribution in [3.63, 3.8) is 0 Å². The number of unbranched alkanes of at least 4 members (excludes halogenated alkanes) is 1. The second kappa shape index (κ2) is 23.7. The fourth-order valence-electron chi connectivity index (χ4n) is 4.69. The van der Waals surface area contributed by atoms with Crippen molar-refractivity contribution >= 4 is 47.4 Å². The van der Waals surface area contributed by atoms with E-state index in [2.05, 4.69) is 35.7 Å². The van der Waals surface area contributed by atoms with E-state index in [1.165, 1.54) is 6.20 Å². The number of esters is 2. The zero-order valence-corrected chi connectivity index (χ0v) is 35.3. The predicted molar refractivity (Wildman–Crippen MR) is 211 cm³/mol. The fraction of sp³-hybridized carbons (Fsp3) is 0.450. The molecule has 0 fully saturated rings. The Hall–Kier alpha value is -6.80. The van der Waals surface area contributed by atoms with Gasteiger partial charge in [0.05, 0.1) is 19.4 Å². The number of pyridine rings is 2. The Kier molecular flexibility index (Phi) is 19.6. The molecule has 3 N–H and O–H groups in total. The molecule has 0 spiro atoms. The number of para-hydroxylation sites is 1. The number of hydrogen-bond acceptors (Lipinski definition) is 16. The summed E-state index contributed by atoms with van der Waals surface area (Å²) >= 11 is 0. The van der Waals surface area contributed by atoms with Crippen LogP contribution < -0.4 is 15.4 Å². The number of ether oxygens (including phenoxy) is 5. The van der Waals surface area contributed by atoms with Crippen LogP contribution >= 0.6 is 0 Å². The minimum absolute atomic E-state index is 0.0271. The molecule has 2 amide bonds. The van der Waals surface area contributed by atoms with Gasteiger partial charge < -0.3 is 39.5 Å². The van der Waals surface area contributed by atoms with Crippen LogP contribution in [0, 0.1) is 11.6 Å². The number of fused-ring (bicyclic) bond motifs is 1. The highest BCUT2D eigenvalue weighted by molar-refractivity contribution is 5.96. The van der Waals surface area contributed by atoms with Crippen molar-refractivity contribution < 1.29 is 66.4 Å². The molecule has 0 saturated heterocycles. The average Bonchev–Trinajstić information content (AvgIpc) is 3.55. The molecular weight excluding hydrogens is 808 g/mol. The summed E-state index contributed by atoms with van der Waals surface area (Å²) in [5.41, 5.74) is -0.900. The van der Waals surface area contributed by atoms with Gasteiger partial charge in [0.2, 0.25) is 0 Å². The maximum absolute atomic E-state index is 14.6. The zero-order chi connectivity index (χ0) is 45.9. The lowest BCUT2D eigenvalue weighted by Crippen LogP contribution is -2.39. The molecule has 2 atom stereocenters. The topological polar surface area (TPSA) is 249 Å². The second-order valence-corrected chi connectivity index (χ2v) is 14.5. The van der Waals surface area contributed by atoms with Crippen LogP contribution in [0.25, 0.3) is 11.0 Å². The summed E-state index contributed by atoms with van der Waals surface area (Å²) in [5.74, 6) is -4.00. The molecule has 3 heterocycles. The highest BCUT2D eigenvalue weighted by atomic mass is 19.1. The summed E-state index contributed by atoms with van der Waals surface area (Å²) in [5, 5.41) is 20.5. The molecular formula is C40H51F2N7O12. The molecule has 0 aliphatic carbocycles. The van der Waals surface area contributed by atoms with E-state index in [4.69, 9.17) is 24.2 Å². The Morgan fingerprint density at radius 1 is 0.803 bits per heavy atom. The second-order valence-electron chi connectivity index (χ2n) is 14.5. The molecule has 0 radical (unpaired) electrons. The van der Waals surface area contributed by atoms with Crippen LogP contribution in [-0.4, -0.2) is 91.1 Å². The van der Waals surface area contributed by atoms with E-state index in [1.54, 1.807) is 67.5 Å². The number of nitrogens with zero attached hydrogens (tertiary/aromatic N) is 5.